The molecule has 0 aromatic heterocycles. The summed E-state index contributed by atoms with van der Waals surface area (Å²) < 4.78 is 0. The summed E-state index contributed by atoms with van der Waals surface area (Å²) in [5, 5.41) is 22.7. The van der Waals surface area contributed by atoms with Gasteiger partial charge in [0.05, 0.1) is 15.0 Å². The van der Waals surface area contributed by atoms with Crippen LogP contribution in [0.25, 0.3) is 0 Å². The first-order valence-corrected chi connectivity index (χ1v) is 6.38. The molecule has 2 rings (SSSR count). The molecule has 0 bridgehead atoms. The molecule has 0 aliphatic rings. The first kappa shape index (κ1) is 15.1. The molecule has 8 heteroatoms. The molecule has 21 heavy (non-hydrogen) atoms. The lowest BCUT2D eigenvalue weighted by atomic mass is 10.1. The molecule has 6 nitrogen and oxygen atoms in total. The molecule has 0 saturated heterocycles. The van der Waals surface area contributed by atoms with Crippen LogP contribution in [-0.2, 0) is 0 Å². The summed E-state index contributed by atoms with van der Waals surface area (Å²) in [4.78, 5) is 22.3. The number of phenolic OH excluding ortho intramolecular Hbond substituents is 1. The zero-order valence-electron chi connectivity index (χ0n) is 10.3. The highest BCUT2D eigenvalue weighted by atomic mass is 35.5. The molecule has 2 aromatic carbocycles. The molecule has 2 N–H and O–H groups in total. The van der Waals surface area contributed by atoms with Crippen LogP contribution in [0.5, 0.6) is 5.75 Å². The van der Waals surface area contributed by atoms with Gasteiger partial charge >= 0.3 is 0 Å². The lowest BCUT2D eigenvalue weighted by Gasteiger charge is -2.08. The molecule has 108 valence electrons. The number of carbonyl (C=O) groups excluding carboxylic acids is 1. The van der Waals surface area contributed by atoms with Crippen LogP contribution in [0.4, 0.5) is 11.4 Å². The molecule has 0 fully saturated rings. The molecule has 0 atom stereocenters. The van der Waals surface area contributed by atoms with Gasteiger partial charge in [-0.1, -0.05) is 35.3 Å². The molecule has 0 aliphatic heterocycles. The quantitative estimate of drug-likeness (QED) is 0.508. The predicted octanol–water partition coefficient (Wildman–Crippen LogP) is 3.86. The van der Waals surface area contributed by atoms with E-state index in [1.54, 1.807) is 0 Å². The standard InChI is InChI=1S/C13H8Cl2N2O4/c14-9-5-7(6-10(15)12(9)18)16-13(19)8-3-1-2-4-11(8)17(20)21/h1-6,18H,(H,16,19). The van der Waals surface area contributed by atoms with Crippen molar-refractivity contribution in [3.8, 4) is 5.75 Å². The van der Waals surface area contributed by atoms with Gasteiger partial charge in [-0.3, -0.25) is 14.9 Å². The molecule has 0 saturated carbocycles. The number of nitrogens with zero attached hydrogens (tertiary/aromatic N) is 1. The molecule has 0 heterocycles. The first-order valence-electron chi connectivity index (χ1n) is 5.63. The maximum atomic E-state index is 12.1. The van der Waals surface area contributed by atoms with E-state index in [9.17, 15) is 20.0 Å². The van der Waals surface area contributed by atoms with Gasteiger partial charge < -0.3 is 10.4 Å². The summed E-state index contributed by atoms with van der Waals surface area (Å²) in [5.74, 6) is -0.984. The highest BCUT2D eigenvalue weighted by molar-refractivity contribution is 6.37. The fourth-order valence-electron chi connectivity index (χ4n) is 1.66. The topological polar surface area (TPSA) is 92.5 Å². The van der Waals surface area contributed by atoms with Gasteiger partial charge in [-0.05, 0) is 18.2 Å². The fraction of sp³-hybridized carbons (Fsp3) is 0. The Kier molecular flexibility index (Phi) is 4.30. The molecule has 1 amide bonds. The van der Waals surface area contributed by atoms with Crippen molar-refractivity contribution in [1.82, 2.24) is 0 Å². The minimum Gasteiger partial charge on any atom is -0.505 e. The molecule has 0 aliphatic carbocycles. The second-order valence-electron chi connectivity index (χ2n) is 4.02. The van der Waals surface area contributed by atoms with E-state index < -0.39 is 10.8 Å². The van der Waals surface area contributed by atoms with Crippen LogP contribution >= 0.6 is 23.2 Å². The van der Waals surface area contributed by atoms with Crippen LogP contribution in [0.2, 0.25) is 10.0 Å². The van der Waals surface area contributed by atoms with Gasteiger partial charge in [-0.25, -0.2) is 0 Å². The second kappa shape index (κ2) is 5.99. The lowest BCUT2D eigenvalue weighted by molar-refractivity contribution is -0.385. The summed E-state index contributed by atoms with van der Waals surface area (Å²) in [7, 11) is 0. The number of hydrogen-bond donors (Lipinski definition) is 2. The van der Waals surface area contributed by atoms with Crippen molar-refractivity contribution in [2.24, 2.45) is 0 Å². The maximum Gasteiger partial charge on any atom is 0.282 e. The average Bonchev–Trinajstić information content (AvgIpc) is 2.44. The zero-order valence-corrected chi connectivity index (χ0v) is 11.9. The van der Waals surface area contributed by atoms with E-state index >= 15 is 0 Å². The third-order valence-corrected chi connectivity index (χ3v) is 3.20. The second-order valence-corrected chi connectivity index (χ2v) is 4.83. The number of nitro benzene ring substituents is 1. The number of hydrogen-bond acceptors (Lipinski definition) is 4. The molecule has 0 spiro atoms. The van der Waals surface area contributed by atoms with Crippen LogP contribution in [-0.4, -0.2) is 15.9 Å². The van der Waals surface area contributed by atoms with Crippen molar-refractivity contribution in [1.29, 1.82) is 0 Å². The fourth-order valence-corrected chi connectivity index (χ4v) is 2.15. The summed E-state index contributed by atoms with van der Waals surface area (Å²) in [6.07, 6.45) is 0. The first-order chi connectivity index (χ1) is 9.90. The van der Waals surface area contributed by atoms with Crippen molar-refractivity contribution in [2.45, 2.75) is 0 Å². The van der Waals surface area contributed by atoms with Gasteiger partial charge in [0.2, 0.25) is 0 Å². The Labute approximate surface area is 129 Å². The van der Waals surface area contributed by atoms with Crippen LogP contribution in [0.3, 0.4) is 0 Å². The minimum atomic E-state index is -0.680. The number of aromatic hydroxyl groups is 1. The Morgan fingerprint density at radius 3 is 2.33 bits per heavy atom. The number of nitro groups is 1. The Balaban J connectivity index is 2.33. The summed E-state index contributed by atoms with van der Waals surface area (Å²) >= 11 is 11.5. The third-order valence-electron chi connectivity index (χ3n) is 2.62. The van der Waals surface area contributed by atoms with E-state index in [4.69, 9.17) is 23.2 Å². The normalized spacial score (nSPS) is 10.2. The van der Waals surface area contributed by atoms with Gasteiger partial charge in [0.15, 0.2) is 5.75 Å². The Morgan fingerprint density at radius 1 is 1.19 bits per heavy atom. The summed E-state index contributed by atoms with van der Waals surface area (Å²) in [6.45, 7) is 0. The van der Waals surface area contributed by atoms with Crippen LogP contribution < -0.4 is 5.32 Å². The number of halogens is 2. The number of benzene rings is 2. The van der Waals surface area contributed by atoms with E-state index in [0.29, 0.717) is 0 Å². The zero-order chi connectivity index (χ0) is 15.6. The predicted molar refractivity (Wildman–Crippen MR) is 79.2 cm³/mol. The van der Waals surface area contributed by atoms with Crippen molar-refractivity contribution in [3.63, 3.8) is 0 Å². The van der Waals surface area contributed by atoms with Crippen LogP contribution in [0.1, 0.15) is 10.4 Å². The SMILES string of the molecule is O=C(Nc1cc(Cl)c(O)c(Cl)c1)c1ccccc1[N+](=O)[O-]. The number of carbonyl (C=O) groups is 1. The van der Waals surface area contributed by atoms with Crippen molar-refractivity contribution < 1.29 is 14.8 Å². The van der Waals surface area contributed by atoms with Crippen LogP contribution in [0.15, 0.2) is 36.4 Å². The largest absolute Gasteiger partial charge is 0.505 e. The molecule has 2 aromatic rings. The molecule has 0 unspecified atom stereocenters. The number of anilines is 1. The van der Waals surface area contributed by atoms with E-state index in [-0.39, 0.29) is 32.7 Å². The Hall–Kier alpha value is -2.31. The molecular weight excluding hydrogens is 319 g/mol. The maximum absolute atomic E-state index is 12.1. The van der Waals surface area contributed by atoms with E-state index in [0.717, 1.165) is 0 Å². The van der Waals surface area contributed by atoms with Crippen molar-refractivity contribution in [3.05, 3.63) is 62.1 Å². The average molecular weight is 327 g/mol. The number of para-hydroxylation sites is 1. The van der Waals surface area contributed by atoms with Gasteiger partial charge in [-0.15, -0.1) is 0 Å². The number of nitrogens with one attached hydrogen (secondary N) is 1. The number of amides is 1. The molecular formula is C13H8Cl2N2O4. The highest BCUT2D eigenvalue weighted by Gasteiger charge is 2.19. The lowest BCUT2D eigenvalue weighted by Crippen LogP contribution is -2.13. The van der Waals surface area contributed by atoms with Gasteiger partial charge in [0, 0.05) is 11.8 Å². The van der Waals surface area contributed by atoms with Crippen molar-refractivity contribution in [2.75, 3.05) is 5.32 Å². The molecule has 0 radical (unpaired) electrons. The summed E-state index contributed by atoms with van der Waals surface area (Å²) in [5.41, 5.74) is -0.195. The van der Waals surface area contributed by atoms with Gasteiger partial charge in [0.1, 0.15) is 5.56 Å². The van der Waals surface area contributed by atoms with Gasteiger partial charge in [-0.2, -0.15) is 0 Å². The Morgan fingerprint density at radius 2 is 1.76 bits per heavy atom. The van der Waals surface area contributed by atoms with E-state index in [1.807, 2.05) is 0 Å². The van der Waals surface area contributed by atoms with Crippen molar-refractivity contribution >= 4 is 40.5 Å². The number of phenols is 1. The Bertz CT molecular complexity index is 711. The summed E-state index contributed by atoms with van der Waals surface area (Å²) in [6, 6.07) is 8.11. The van der Waals surface area contributed by atoms with Gasteiger partial charge in [0.25, 0.3) is 11.6 Å². The smallest absolute Gasteiger partial charge is 0.282 e. The van der Waals surface area contributed by atoms with E-state index in [1.165, 1.54) is 36.4 Å². The minimum absolute atomic E-state index is 0.0413. The van der Waals surface area contributed by atoms with Crippen LogP contribution in [0, 0.1) is 10.1 Å². The third kappa shape index (κ3) is 3.24. The van der Waals surface area contributed by atoms with E-state index in [2.05, 4.69) is 5.32 Å². The highest BCUT2D eigenvalue weighted by Crippen LogP contribution is 2.34. The monoisotopic (exact) mass is 326 g/mol. The number of rotatable bonds is 3.